The Kier molecular flexibility index (Phi) is 9.50. The van der Waals surface area contributed by atoms with Gasteiger partial charge in [0.2, 0.25) is 6.54 Å². The van der Waals surface area contributed by atoms with Crippen LogP contribution in [0.25, 0.3) is 12.2 Å². The van der Waals surface area contributed by atoms with E-state index in [1.54, 1.807) is 11.5 Å². The van der Waals surface area contributed by atoms with E-state index in [0.29, 0.717) is 18.8 Å². The molecule has 1 saturated heterocycles. The fourth-order valence-electron chi connectivity index (χ4n) is 3.64. The molecule has 1 aromatic carbocycles. The van der Waals surface area contributed by atoms with Crippen LogP contribution in [-0.4, -0.2) is 72.0 Å². The van der Waals surface area contributed by atoms with Crippen molar-refractivity contribution in [3.63, 3.8) is 0 Å². The number of aliphatic hydroxyl groups excluding tert-OH is 2. The first-order valence-electron chi connectivity index (χ1n) is 11.2. The minimum absolute atomic E-state index is 0.107. The molecule has 1 aliphatic rings. The zero-order valence-electron chi connectivity index (χ0n) is 19.5. The number of pyridine rings is 1. The summed E-state index contributed by atoms with van der Waals surface area (Å²) in [6, 6.07) is 11.1. The molecule has 2 heterocycles. The zero-order chi connectivity index (χ0) is 24.5. The van der Waals surface area contributed by atoms with Crippen molar-refractivity contribution in [2.24, 2.45) is 0 Å². The molecule has 3 rings (SSSR count). The van der Waals surface area contributed by atoms with Crippen LogP contribution in [0.5, 0.6) is 0 Å². The molecule has 3 atom stereocenters. The number of β-amino-alcohol motifs (C(OH)–C–C–N with tert-alkyl or cyclic N) is 2. The molecule has 8 nitrogen and oxygen atoms in total. The second-order valence-electron chi connectivity index (χ2n) is 8.10. The van der Waals surface area contributed by atoms with E-state index < -0.39 is 24.2 Å². The summed E-state index contributed by atoms with van der Waals surface area (Å²) >= 11 is 1.47. The lowest BCUT2D eigenvalue weighted by molar-refractivity contribution is -0.684. The lowest BCUT2D eigenvalue weighted by Crippen LogP contribution is -2.49. The van der Waals surface area contributed by atoms with Crippen LogP contribution in [0.2, 0.25) is 0 Å². The highest BCUT2D eigenvalue weighted by atomic mass is 32.2. The molecule has 3 N–H and O–H groups in total. The van der Waals surface area contributed by atoms with Crippen LogP contribution in [0, 0.1) is 0 Å². The van der Waals surface area contributed by atoms with Gasteiger partial charge in [-0.05, 0) is 36.4 Å². The number of nitrogens with zero attached hydrogens (tertiary/aromatic N) is 2. The summed E-state index contributed by atoms with van der Waals surface area (Å²) in [4.78, 5) is 26.3. The first-order valence-corrected chi connectivity index (χ1v) is 12.6. The molecule has 0 bridgehead atoms. The number of carbonyl (C=O) groups excluding carboxylic acids is 2. The number of rotatable bonds is 10. The van der Waals surface area contributed by atoms with Gasteiger partial charge in [-0.25, -0.2) is 4.79 Å². The zero-order valence-corrected chi connectivity index (χ0v) is 20.3. The van der Waals surface area contributed by atoms with Gasteiger partial charge in [0.25, 0.3) is 5.91 Å². The molecular weight excluding hydrogens is 454 g/mol. The third-order valence-electron chi connectivity index (χ3n) is 5.47. The highest BCUT2D eigenvalue weighted by molar-refractivity contribution is 7.98. The largest absolute Gasteiger partial charge is 0.464 e. The lowest BCUT2D eigenvalue weighted by atomic mass is 10.1. The number of carbonyl (C=O) groups is 2. The monoisotopic (exact) mass is 486 g/mol. The first kappa shape index (κ1) is 25.7. The molecule has 1 aliphatic heterocycles. The molecule has 3 unspecified atom stereocenters. The van der Waals surface area contributed by atoms with E-state index in [0.717, 1.165) is 16.8 Å². The first-order chi connectivity index (χ1) is 16.4. The topological polar surface area (TPSA) is 103 Å². The fourth-order valence-corrected chi connectivity index (χ4v) is 4.19. The fraction of sp³-hybridized carbons (Fsp3) is 0.400. The molecular formula is C25H32N3O5S+. The molecule has 1 amide bonds. The highest BCUT2D eigenvalue weighted by Crippen LogP contribution is 2.21. The van der Waals surface area contributed by atoms with Crippen molar-refractivity contribution in [1.82, 2.24) is 5.32 Å². The van der Waals surface area contributed by atoms with Gasteiger partial charge in [0.15, 0.2) is 12.4 Å². The van der Waals surface area contributed by atoms with Crippen LogP contribution in [-0.2, 0) is 20.9 Å². The van der Waals surface area contributed by atoms with Crippen molar-refractivity contribution in [1.29, 1.82) is 0 Å². The van der Waals surface area contributed by atoms with Crippen LogP contribution < -0.4 is 14.8 Å². The minimum Gasteiger partial charge on any atom is -0.464 e. The van der Waals surface area contributed by atoms with Gasteiger partial charge in [-0.3, -0.25) is 4.79 Å². The Hall–Kier alpha value is -2.88. The van der Waals surface area contributed by atoms with Crippen molar-refractivity contribution in [2.75, 3.05) is 36.6 Å². The Morgan fingerprint density at radius 1 is 1.12 bits per heavy atom. The molecule has 182 valence electrons. The van der Waals surface area contributed by atoms with E-state index in [2.05, 4.69) is 5.32 Å². The molecule has 0 aliphatic carbocycles. The maximum atomic E-state index is 12.4. The van der Waals surface area contributed by atoms with Gasteiger partial charge in [0, 0.05) is 36.7 Å². The van der Waals surface area contributed by atoms with Crippen molar-refractivity contribution < 1.29 is 29.1 Å². The maximum absolute atomic E-state index is 12.4. The number of aromatic nitrogens is 1. The van der Waals surface area contributed by atoms with Gasteiger partial charge in [-0.15, -0.1) is 0 Å². The summed E-state index contributed by atoms with van der Waals surface area (Å²) in [5.41, 5.74) is 2.98. The molecule has 0 spiro atoms. The van der Waals surface area contributed by atoms with Gasteiger partial charge in [0.05, 0.1) is 18.8 Å². The number of amides is 1. The molecule has 0 radical (unpaired) electrons. The quantitative estimate of drug-likeness (QED) is 0.341. The second kappa shape index (κ2) is 12.5. The molecule has 9 heteroatoms. The number of benzene rings is 1. The second-order valence-corrected chi connectivity index (χ2v) is 9.01. The molecule has 1 aromatic heterocycles. The number of anilines is 1. The summed E-state index contributed by atoms with van der Waals surface area (Å²) in [6.45, 7) is 2.98. The van der Waals surface area contributed by atoms with Crippen molar-refractivity contribution in [2.45, 2.75) is 31.7 Å². The third kappa shape index (κ3) is 7.31. The van der Waals surface area contributed by atoms with E-state index in [1.807, 2.05) is 72.1 Å². The lowest BCUT2D eigenvalue weighted by Gasteiger charge is -2.17. The van der Waals surface area contributed by atoms with Gasteiger partial charge >= 0.3 is 5.97 Å². The van der Waals surface area contributed by atoms with Crippen molar-refractivity contribution in [3.05, 3.63) is 59.9 Å². The average Bonchev–Trinajstić information content (AvgIpc) is 3.17. The van der Waals surface area contributed by atoms with Crippen LogP contribution in [0.15, 0.2) is 48.8 Å². The number of esters is 1. The molecule has 34 heavy (non-hydrogen) atoms. The van der Waals surface area contributed by atoms with Crippen LogP contribution in [0.1, 0.15) is 18.1 Å². The number of hydrogen-bond donors (Lipinski definition) is 3. The summed E-state index contributed by atoms with van der Waals surface area (Å²) in [7, 11) is 0. The minimum atomic E-state index is -0.708. The molecule has 2 aromatic rings. The smallest absolute Gasteiger partial charge is 0.329 e. The van der Waals surface area contributed by atoms with E-state index in [1.165, 1.54) is 11.8 Å². The van der Waals surface area contributed by atoms with Gasteiger partial charge < -0.3 is 25.2 Å². The summed E-state index contributed by atoms with van der Waals surface area (Å²) < 4.78 is 6.78. The SMILES string of the molecule is CCOC(=O)C(CSC)NC(=O)C[n+]1ccc(/C=C/c2ccc(N3CC(O)C(O)C3)cc2)cc1. The van der Waals surface area contributed by atoms with E-state index in [-0.39, 0.29) is 19.1 Å². The summed E-state index contributed by atoms with van der Waals surface area (Å²) in [5.74, 6) is -0.208. The predicted octanol–water partition coefficient (Wildman–Crippen LogP) is 1.10. The van der Waals surface area contributed by atoms with Crippen molar-refractivity contribution in [3.8, 4) is 0 Å². The van der Waals surface area contributed by atoms with E-state index in [4.69, 9.17) is 4.74 Å². The highest BCUT2D eigenvalue weighted by Gasteiger charge is 2.29. The predicted molar refractivity (Wildman–Crippen MR) is 133 cm³/mol. The molecule has 1 fully saturated rings. The number of nitrogens with one attached hydrogen (secondary N) is 1. The Morgan fingerprint density at radius 2 is 1.71 bits per heavy atom. The van der Waals surface area contributed by atoms with Crippen LogP contribution in [0.4, 0.5) is 5.69 Å². The van der Waals surface area contributed by atoms with Gasteiger partial charge in [-0.1, -0.05) is 24.3 Å². The van der Waals surface area contributed by atoms with Gasteiger partial charge in [-0.2, -0.15) is 16.3 Å². The van der Waals surface area contributed by atoms with Crippen molar-refractivity contribution >= 4 is 41.5 Å². The Balaban J connectivity index is 1.53. The van der Waals surface area contributed by atoms with Gasteiger partial charge in [0.1, 0.15) is 6.04 Å². The van der Waals surface area contributed by atoms with E-state index in [9.17, 15) is 19.8 Å². The maximum Gasteiger partial charge on any atom is 0.329 e. The number of hydrogen-bond acceptors (Lipinski definition) is 7. The Bertz CT molecular complexity index is 971. The Labute approximate surface area is 204 Å². The summed E-state index contributed by atoms with van der Waals surface area (Å²) in [6.07, 6.45) is 8.08. The number of ether oxygens (including phenoxy) is 1. The standard InChI is InChI=1S/C25H31N3O5S/c1-3-33-25(32)21(17-34-2)26-24(31)16-27-12-10-19(11-13-27)5-4-18-6-8-20(9-7-18)28-14-22(29)23(30)15-28/h4-13,21-23,29-30H,3,14-17H2,1-2H3/p+1. The number of aliphatic hydroxyl groups is 2. The third-order valence-corrected chi connectivity index (χ3v) is 6.13. The average molecular weight is 487 g/mol. The van der Waals surface area contributed by atoms with Crippen LogP contribution >= 0.6 is 11.8 Å². The normalized spacial score (nSPS) is 18.8. The summed E-state index contributed by atoms with van der Waals surface area (Å²) in [5, 5.41) is 22.2. The Morgan fingerprint density at radius 3 is 2.26 bits per heavy atom. The van der Waals surface area contributed by atoms with Crippen LogP contribution in [0.3, 0.4) is 0 Å². The van der Waals surface area contributed by atoms with E-state index >= 15 is 0 Å². The number of thioether (sulfide) groups is 1. The molecule has 0 saturated carbocycles.